The van der Waals surface area contributed by atoms with E-state index in [0.29, 0.717) is 5.52 Å². The Morgan fingerprint density at radius 1 is 0.909 bits per heavy atom. The molecule has 5 nitrogen and oxygen atoms in total. The van der Waals surface area contributed by atoms with Crippen molar-refractivity contribution in [1.29, 1.82) is 0 Å². The molecule has 4 rings (SSSR count). The molecule has 0 spiro atoms. The lowest BCUT2D eigenvalue weighted by atomic mass is 10.1. The molecule has 0 N–H and O–H groups in total. The second-order valence-corrected chi connectivity index (χ2v) is 5.11. The summed E-state index contributed by atoms with van der Waals surface area (Å²) in [5.74, 6) is 0. The molecule has 0 unspecified atom stereocenters. The van der Waals surface area contributed by atoms with E-state index in [1.165, 1.54) is 17.5 Å². The first-order valence-electron chi connectivity index (χ1n) is 6.84. The number of benzene rings is 3. The summed E-state index contributed by atoms with van der Waals surface area (Å²) in [4.78, 5) is 10.4. The van der Waals surface area contributed by atoms with Crippen LogP contribution in [0, 0.1) is 10.1 Å². The molecule has 0 radical (unpaired) electrons. The fourth-order valence-corrected chi connectivity index (χ4v) is 2.57. The SMILES string of the molecule is O=[N+]([O-])c1ccc2cn(-c3ccc4ccccc4c3)nc2c1. The third-order valence-corrected chi connectivity index (χ3v) is 3.70. The van der Waals surface area contributed by atoms with E-state index in [1.807, 2.05) is 36.5 Å². The molecule has 0 saturated carbocycles. The van der Waals surface area contributed by atoms with Crippen LogP contribution in [-0.4, -0.2) is 14.7 Å². The first kappa shape index (κ1) is 12.5. The van der Waals surface area contributed by atoms with Gasteiger partial charge in [0.1, 0.15) is 0 Å². The van der Waals surface area contributed by atoms with Crippen molar-refractivity contribution in [2.75, 3.05) is 0 Å². The van der Waals surface area contributed by atoms with Crippen LogP contribution in [0.5, 0.6) is 0 Å². The zero-order valence-electron chi connectivity index (χ0n) is 11.5. The van der Waals surface area contributed by atoms with Gasteiger partial charge in [-0.25, -0.2) is 4.68 Å². The third kappa shape index (κ3) is 2.00. The summed E-state index contributed by atoms with van der Waals surface area (Å²) < 4.78 is 1.75. The van der Waals surface area contributed by atoms with Gasteiger partial charge in [0.25, 0.3) is 5.69 Å². The normalized spacial score (nSPS) is 11.1. The van der Waals surface area contributed by atoms with Crippen molar-refractivity contribution in [1.82, 2.24) is 9.78 Å². The Balaban J connectivity index is 1.86. The second-order valence-electron chi connectivity index (χ2n) is 5.11. The number of nitro groups is 1. The van der Waals surface area contributed by atoms with E-state index < -0.39 is 4.92 Å². The smallest absolute Gasteiger partial charge is 0.258 e. The molecular formula is C17H11N3O2. The number of non-ortho nitro benzene ring substituents is 1. The Hall–Kier alpha value is -3.21. The minimum absolute atomic E-state index is 0.0521. The molecule has 0 amide bonds. The van der Waals surface area contributed by atoms with Crippen LogP contribution in [0.25, 0.3) is 27.4 Å². The minimum Gasteiger partial charge on any atom is -0.258 e. The molecule has 0 atom stereocenters. The van der Waals surface area contributed by atoms with Crippen molar-refractivity contribution in [3.05, 3.63) is 77.0 Å². The maximum atomic E-state index is 10.8. The fourth-order valence-electron chi connectivity index (χ4n) is 2.57. The largest absolute Gasteiger partial charge is 0.271 e. The van der Waals surface area contributed by atoms with Gasteiger partial charge in [-0.15, -0.1) is 0 Å². The molecule has 5 heteroatoms. The van der Waals surface area contributed by atoms with Crippen LogP contribution in [-0.2, 0) is 0 Å². The van der Waals surface area contributed by atoms with Gasteiger partial charge in [0.2, 0.25) is 0 Å². The van der Waals surface area contributed by atoms with Crippen molar-refractivity contribution < 1.29 is 4.92 Å². The van der Waals surface area contributed by atoms with Crippen molar-refractivity contribution >= 4 is 27.4 Å². The molecule has 106 valence electrons. The van der Waals surface area contributed by atoms with Gasteiger partial charge in [-0.2, -0.15) is 5.10 Å². The van der Waals surface area contributed by atoms with Crippen molar-refractivity contribution in [2.24, 2.45) is 0 Å². The Morgan fingerprint density at radius 2 is 1.68 bits per heavy atom. The van der Waals surface area contributed by atoms with Gasteiger partial charge in [0.15, 0.2) is 0 Å². The number of aromatic nitrogens is 2. The highest BCUT2D eigenvalue weighted by molar-refractivity contribution is 5.85. The molecule has 1 heterocycles. The van der Waals surface area contributed by atoms with Crippen LogP contribution in [0.1, 0.15) is 0 Å². The molecule has 0 saturated heterocycles. The number of rotatable bonds is 2. The maximum absolute atomic E-state index is 10.8. The lowest BCUT2D eigenvalue weighted by molar-refractivity contribution is -0.384. The van der Waals surface area contributed by atoms with Gasteiger partial charge in [-0.05, 0) is 29.0 Å². The summed E-state index contributed by atoms with van der Waals surface area (Å²) >= 11 is 0. The van der Waals surface area contributed by atoms with E-state index in [4.69, 9.17) is 0 Å². The van der Waals surface area contributed by atoms with Crippen LogP contribution in [0.3, 0.4) is 0 Å². The van der Waals surface area contributed by atoms with Crippen LogP contribution in [0.15, 0.2) is 66.9 Å². The summed E-state index contributed by atoms with van der Waals surface area (Å²) in [6, 6.07) is 18.9. The number of hydrogen-bond acceptors (Lipinski definition) is 3. The fraction of sp³-hybridized carbons (Fsp3) is 0. The Kier molecular flexibility index (Phi) is 2.66. The average molecular weight is 289 g/mol. The number of fused-ring (bicyclic) bond motifs is 2. The van der Waals surface area contributed by atoms with Gasteiger partial charge in [-0.3, -0.25) is 10.1 Å². The van der Waals surface area contributed by atoms with E-state index in [1.54, 1.807) is 10.7 Å². The lowest BCUT2D eigenvalue weighted by Gasteiger charge is -2.03. The van der Waals surface area contributed by atoms with E-state index in [0.717, 1.165) is 16.5 Å². The first-order valence-corrected chi connectivity index (χ1v) is 6.84. The number of nitro benzene ring substituents is 1. The Morgan fingerprint density at radius 3 is 2.50 bits per heavy atom. The van der Waals surface area contributed by atoms with Crippen LogP contribution >= 0.6 is 0 Å². The minimum atomic E-state index is -0.408. The lowest BCUT2D eigenvalue weighted by Crippen LogP contribution is -1.93. The predicted molar refractivity (Wildman–Crippen MR) is 85.2 cm³/mol. The zero-order chi connectivity index (χ0) is 15.1. The number of nitrogens with zero attached hydrogens (tertiary/aromatic N) is 3. The quantitative estimate of drug-likeness (QED) is 0.412. The van der Waals surface area contributed by atoms with Crippen LogP contribution < -0.4 is 0 Å². The monoisotopic (exact) mass is 289 g/mol. The molecular weight excluding hydrogens is 278 g/mol. The summed E-state index contributed by atoms with van der Waals surface area (Å²) in [5, 5.41) is 18.5. The standard InChI is InChI=1S/C17H11N3O2/c21-20(22)16-8-6-14-11-19(18-17(14)10-16)15-7-5-12-3-1-2-4-13(12)9-15/h1-11H. The molecule has 0 aliphatic rings. The Bertz CT molecular complexity index is 1020. The molecule has 22 heavy (non-hydrogen) atoms. The van der Waals surface area contributed by atoms with Gasteiger partial charge < -0.3 is 0 Å². The first-order chi connectivity index (χ1) is 10.7. The van der Waals surface area contributed by atoms with Gasteiger partial charge in [0.05, 0.1) is 16.1 Å². The van der Waals surface area contributed by atoms with Gasteiger partial charge in [-0.1, -0.05) is 30.3 Å². The van der Waals surface area contributed by atoms with E-state index in [9.17, 15) is 10.1 Å². The van der Waals surface area contributed by atoms with Gasteiger partial charge in [0, 0.05) is 23.7 Å². The van der Waals surface area contributed by atoms with Crippen molar-refractivity contribution in [3.63, 3.8) is 0 Å². The average Bonchev–Trinajstić information content (AvgIpc) is 2.97. The highest BCUT2D eigenvalue weighted by Crippen LogP contribution is 2.23. The zero-order valence-corrected chi connectivity index (χ0v) is 11.5. The molecule has 4 aromatic rings. The molecule has 0 fully saturated rings. The van der Waals surface area contributed by atoms with Crippen LogP contribution in [0.4, 0.5) is 5.69 Å². The molecule has 0 bridgehead atoms. The highest BCUT2D eigenvalue weighted by Gasteiger charge is 2.09. The third-order valence-electron chi connectivity index (χ3n) is 3.70. The molecule has 1 aromatic heterocycles. The number of hydrogen-bond donors (Lipinski definition) is 0. The summed E-state index contributed by atoms with van der Waals surface area (Å²) in [6.07, 6.45) is 1.88. The Labute approximate surface area is 125 Å². The maximum Gasteiger partial charge on any atom is 0.271 e. The van der Waals surface area contributed by atoms with Crippen LogP contribution in [0.2, 0.25) is 0 Å². The predicted octanol–water partition coefficient (Wildman–Crippen LogP) is 4.09. The molecule has 0 aliphatic heterocycles. The summed E-state index contributed by atoms with van der Waals surface area (Å²) in [7, 11) is 0. The summed E-state index contributed by atoms with van der Waals surface area (Å²) in [5.41, 5.74) is 1.59. The molecule has 3 aromatic carbocycles. The van der Waals surface area contributed by atoms with Gasteiger partial charge >= 0.3 is 0 Å². The van der Waals surface area contributed by atoms with E-state index in [-0.39, 0.29) is 5.69 Å². The highest BCUT2D eigenvalue weighted by atomic mass is 16.6. The topological polar surface area (TPSA) is 61.0 Å². The van der Waals surface area contributed by atoms with Crippen molar-refractivity contribution in [3.8, 4) is 5.69 Å². The van der Waals surface area contributed by atoms with Crippen molar-refractivity contribution in [2.45, 2.75) is 0 Å². The summed E-state index contributed by atoms with van der Waals surface area (Å²) in [6.45, 7) is 0. The molecule has 0 aliphatic carbocycles. The van der Waals surface area contributed by atoms with E-state index >= 15 is 0 Å². The van der Waals surface area contributed by atoms with E-state index in [2.05, 4.69) is 17.2 Å². The second kappa shape index (κ2) is 4.66.